The van der Waals surface area contributed by atoms with Gasteiger partial charge in [-0.15, -0.1) is 0 Å². The van der Waals surface area contributed by atoms with Crippen molar-refractivity contribution in [1.82, 2.24) is 14.8 Å². The van der Waals surface area contributed by atoms with Crippen molar-refractivity contribution < 1.29 is 9.59 Å². The van der Waals surface area contributed by atoms with Gasteiger partial charge in [0.2, 0.25) is 5.91 Å². The monoisotopic (exact) mass is 385 g/mol. The third kappa shape index (κ3) is 4.10. The molecule has 2 aromatic carbocycles. The summed E-state index contributed by atoms with van der Waals surface area (Å²) in [6.45, 7) is 3.06. The van der Waals surface area contributed by atoms with Crippen LogP contribution in [0.3, 0.4) is 0 Å². The number of carbonyl (C=O) groups is 2. The second-order valence-electron chi connectivity index (χ2n) is 7.30. The maximum atomic E-state index is 12.9. The van der Waals surface area contributed by atoms with Crippen molar-refractivity contribution in [2.24, 2.45) is 0 Å². The van der Waals surface area contributed by atoms with E-state index in [1.165, 1.54) is 11.1 Å². The Kier molecular flexibility index (Phi) is 5.49. The van der Waals surface area contributed by atoms with E-state index in [9.17, 15) is 9.59 Å². The van der Waals surface area contributed by atoms with Gasteiger partial charge in [0.1, 0.15) is 0 Å². The van der Waals surface area contributed by atoms with Crippen molar-refractivity contribution in [2.45, 2.75) is 13.0 Å². The van der Waals surface area contributed by atoms with Crippen molar-refractivity contribution in [3.05, 3.63) is 101 Å². The number of hydrogen-bond donors (Lipinski definition) is 0. The van der Waals surface area contributed by atoms with Gasteiger partial charge < -0.3 is 0 Å². The van der Waals surface area contributed by atoms with Gasteiger partial charge in [-0.1, -0.05) is 60.7 Å². The third-order valence-electron chi connectivity index (χ3n) is 5.21. The van der Waals surface area contributed by atoms with Gasteiger partial charge >= 0.3 is 0 Å². The molecule has 2 heterocycles. The lowest BCUT2D eigenvalue weighted by Gasteiger charge is -2.38. The highest BCUT2D eigenvalue weighted by molar-refractivity contribution is 6.05. The van der Waals surface area contributed by atoms with Gasteiger partial charge in [-0.2, -0.15) is 0 Å². The van der Waals surface area contributed by atoms with E-state index in [1.807, 2.05) is 43.3 Å². The van der Waals surface area contributed by atoms with Crippen molar-refractivity contribution in [1.29, 1.82) is 0 Å². The van der Waals surface area contributed by atoms with Gasteiger partial charge in [0.05, 0.1) is 18.2 Å². The molecule has 1 saturated heterocycles. The van der Waals surface area contributed by atoms with E-state index in [4.69, 9.17) is 0 Å². The van der Waals surface area contributed by atoms with Crippen LogP contribution in [0.4, 0.5) is 0 Å². The molecule has 1 fully saturated rings. The first-order chi connectivity index (χ1) is 14.1. The van der Waals surface area contributed by atoms with E-state index in [1.54, 1.807) is 12.3 Å². The first-order valence-electron chi connectivity index (χ1n) is 9.74. The van der Waals surface area contributed by atoms with E-state index in [-0.39, 0.29) is 24.4 Å². The zero-order valence-electron chi connectivity index (χ0n) is 16.4. The summed E-state index contributed by atoms with van der Waals surface area (Å²) in [6.07, 6.45) is 3.21. The normalized spacial score (nSPS) is 15.0. The molecule has 0 radical (unpaired) electrons. The Labute approximate surface area is 170 Å². The lowest BCUT2D eigenvalue weighted by Crippen LogP contribution is -2.53. The number of amides is 2. The van der Waals surface area contributed by atoms with E-state index >= 15 is 0 Å². The SMILES string of the molecule is Cc1cncc(C(=O)N2CCN(C(c3ccccc3)c3ccccc3)CC2=O)c1. The Morgan fingerprint density at radius 3 is 2.10 bits per heavy atom. The topological polar surface area (TPSA) is 53.5 Å². The van der Waals surface area contributed by atoms with Crippen molar-refractivity contribution in [3.8, 4) is 0 Å². The molecule has 0 N–H and O–H groups in total. The fraction of sp³-hybridized carbons (Fsp3) is 0.208. The number of carbonyl (C=O) groups excluding carboxylic acids is 2. The van der Waals surface area contributed by atoms with E-state index < -0.39 is 0 Å². The molecule has 5 heteroatoms. The highest BCUT2D eigenvalue weighted by Gasteiger charge is 2.33. The molecule has 0 unspecified atom stereocenters. The molecule has 1 aliphatic heterocycles. The van der Waals surface area contributed by atoms with E-state index in [2.05, 4.69) is 34.1 Å². The number of imide groups is 1. The third-order valence-corrected chi connectivity index (χ3v) is 5.21. The Bertz CT molecular complexity index is 965. The molecule has 0 aliphatic carbocycles. The molecule has 0 spiro atoms. The molecule has 29 heavy (non-hydrogen) atoms. The largest absolute Gasteiger partial charge is 0.281 e. The number of aromatic nitrogens is 1. The van der Waals surface area contributed by atoms with Crippen molar-refractivity contribution in [3.63, 3.8) is 0 Å². The summed E-state index contributed by atoms with van der Waals surface area (Å²) >= 11 is 0. The standard InChI is InChI=1S/C24H23N3O2/c1-18-14-21(16-25-15-18)24(29)27-13-12-26(17-22(27)28)23(19-8-4-2-5-9-19)20-10-6-3-7-11-20/h2-11,14-16,23H,12-13,17H2,1H3. The number of nitrogens with zero attached hydrogens (tertiary/aromatic N) is 3. The smallest absolute Gasteiger partial charge is 0.262 e. The first kappa shape index (κ1) is 19.0. The summed E-state index contributed by atoms with van der Waals surface area (Å²) in [7, 11) is 0. The van der Waals surface area contributed by atoms with Crippen LogP contribution in [0.5, 0.6) is 0 Å². The average Bonchev–Trinajstić information content (AvgIpc) is 2.75. The molecule has 3 aromatic rings. The molecular formula is C24H23N3O2. The van der Waals surface area contributed by atoms with Crippen LogP contribution < -0.4 is 0 Å². The molecular weight excluding hydrogens is 362 g/mol. The summed E-state index contributed by atoms with van der Waals surface area (Å²) < 4.78 is 0. The lowest BCUT2D eigenvalue weighted by atomic mass is 9.96. The van der Waals surface area contributed by atoms with Gasteiger partial charge in [0.25, 0.3) is 5.91 Å². The van der Waals surface area contributed by atoms with E-state index in [0.29, 0.717) is 18.7 Å². The van der Waals surface area contributed by atoms with E-state index in [0.717, 1.165) is 16.7 Å². The van der Waals surface area contributed by atoms with Gasteiger partial charge in [0.15, 0.2) is 0 Å². The van der Waals surface area contributed by atoms with Crippen LogP contribution >= 0.6 is 0 Å². The summed E-state index contributed by atoms with van der Waals surface area (Å²) in [4.78, 5) is 33.3. The van der Waals surface area contributed by atoms with Crippen molar-refractivity contribution in [2.75, 3.05) is 19.6 Å². The Hall–Kier alpha value is -3.31. The first-order valence-corrected chi connectivity index (χ1v) is 9.74. The second-order valence-corrected chi connectivity index (χ2v) is 7.30. The quantitative estimate of drug-likeness (QED) is 0.646. The summed E-state index contributed by atoms with van der Waals surface area (Å²) in [5, 5.41) is 0. The molecule has 146 valence electrons. The molecule has 4 rings (SSSR count). The van der Waals surface area contributed by atoms with Crippen LogP contribution in [-0.2, 0) is 4.79 Å². The van der Waals surface area contributed by atoms with Gasteiger partial charge in [0, 0.05) is 25.5 Å². The highest BCUT2D eigenvalue weighted by Crippen LogP contribution is 2.29. The maximum Gasteiger partial charge on any atom is 0.262 e. The fourth-order valence-electron chi connectivity index (χ4n) is 3.84. The lowest BCUT2D eigenvalue weighted by molar-refractivity contribution is -0.133. The number of rotatable bonds is 4. The van der Waals surface area contributed by atoms with Crippen molar-refractivity contribution >= 4 is 11.8 Å². The molecule has 1 aliphatic rings. The van der Waals surface area contributed by atoms with Crippen LogP contribution in [0.2, 0.25) is 0 Å². The summed E-state index contributed by atoms with van der Waals surface area (Å²) in [5.41, 5.74) is 3.62. The number of hydrogen-bond acceptors (Lipinski definition) is 4. The maximum absolute atomic E-state index is 12.9. The van der Waals surface area contributed by atoms with Crippen LogP contribution in [-0.4, -0.2) is 46.2 Å². The van der Waals surface area contributed by atoms with Crippen LogP contribution in [0.1, 0.15) is 33.1 Å². The summed E-state index contributed by atoms with van der Waals surface area (Å²) in [6, 6.07) is 22.1. The Balaban J connectivity index is 1.57. The van der Waals surface area contributed by atoms with Gasteiger partial charge in [-0.05, 0) is 29.7 Å². The molecule has 1 aromatic heterocycles. The number of pyridine rings is 1. The van der Waals surface area contributed by atoms with Crippen LogP contribution in [0.15, 0.2) is 79.1 Å². The minimum Gasteiger partial charge on any atom is -0.281 e. The predicted octanol–water partition coefficient (Wildman–Crippen LogP) is 3.46. The highest BCUT2D eigenvalue weighted by atomic mass is 16.2. The van der Waals surface area contributed by atoms with Crippen LogP contribution in [0.25, 0.3) is 0 Å². The Morgan fingerprint density at radius 1 is 0.931 bits per heavy atom. The fourth-order valence-corrected chi connectivity index (χ4v) is 3.84. The predicted molar refractivity (Wildman–Crippen MR) is 111 cm³/mol. The van der Waals surface area contributed by atoms with Gasteiger partial charge in [-0.25, -0.2) is 0 Å². The zero-order valence-corrected chi connectivity index (χ0v) is 16.4. The molecule has 0 bridgehead atoms. The minimum absolute atomic E-state index is 0.0285. The average molecular weight is 385 g/mol. The Morgan fingerprint density at radius 2 is 1.55 bits per heavy atom. The molecule has 5 nitrogen and oxygen atoms in total. The number of benzene rings is 2. The van der Waals surface area contributed by atoms with Gasteiger partial charge in [-0.3, -0.25) is 24.4 Å². The molecule has 2 amide bonds. The zero-order chi connectivity index (χ0) is 20.2. The minimum atomic E-state index is -0.276. The molecule has 0 atom stereocenters. The summed E-state index contributed by atoms with van der Waals surface area (Å²) in [5.74, 6) is -0.457. The molecule has 0 saturated carbocycles. The van der Waals surface area contributed by atoms with Crippen LogP contribution in [0, 0.1) is 6.92 Å². The number of piperazine rings is 1. The second kappa shape index (κ2) is 8.37. The number of aryl methyl sites for hydroxylation is 1.